The van der Waals surface area contributed by atoms with Crippen LogP contribution in [0.25, 0.3) is 0 Å². The van der Waals surface area contributed by atoms with Gasteiger partial charge in [-0.05, 0) is 25.2 Å². The van der Waals surface area contributed by atoms with Crippen molar-refractivity contribution < 1.29 is 0 Å². The smallest absolute Gasteiger partial charge is 0.148 e. The summed E-state index contributed by atoms with van der Waals surface area (Å²) >= 11 is 0. The third-order valence-electron chi connectivity index (χ3n) is 3.53. The van der Waals surface area contributed by atoms with Gasteiger partial charge in [-0.2, -0.15) is 5.10 Å². The molecule has 3 N–H and O–H groups in total. The molecule has 4 nitrogen and oxygen atoms in total. The van der Waals surface area contributed by atoms with Crippen molar-refractivity contribution in [3.8, 4) is 0 Å². The van der Waals surface area contributed by atoms with E-state index in [4.69, 9.17) is 5.73 Å². The van der Waals surface area contributed by atoms with Crippen molar-refractivity contribution in [3.63, 3.8) is 0 Å². The zero-order chi connectivity index (χ0) is 13.2. The number of anilines is 2. The van der Waals surface area contributed by atoms with Gasteiger partial charge in [0.05, 0.1) is 11.4 Å². The van der Waals surface area contributed by atoms with Crippen molar-refractivity contribution in [3.05, 3.63) is 5.69 Å². The van der Waals surface area contributed by atoms with E-state index in [0.717, 1.165) is 30.3 Å². The van der Waals surface area contributed by atoms with Crippen LogP contribution >= 0.6 is 0 Å². The maximum atomic E-state index is 6.03. The second kappa shape index (κ2) is 4.98. The molecule has 0 fully saturated rings. The van der Waals surface area contributed by atoms with Crippen molar-refractivity contribution in [2.45, 2.75) is 48.1 Å². The lowest BCUT2D eigenvalue weighted by atomic mass is 9.82. The molecule has 0 aliphatic heterocycles. The largest absolute Gasteiger partial charge is 0.394 e. The lowest BCUT2D eigenvalue weighted by Crippen LogP contribution is -2.25. The van der Waals surface area contributed by atoms with Crippen LogP contribution in [0.5, 0.6) is 0 Å². The van der Waals surface area contributed by atoms with Gasteiger partial charge in [0.1, 0.15) is 5.82 Å². The number of hydrogen-bond acceptors (Lipinski definition) is 3. The monoisotopic (exact) mass is 238 g/mol. The molecule has 0 aromatic carbocycles. The van der Waals surface area contributed by atoms with Crippen LogP contribution in [0.1, 0.15) is 40.3 Å². The number of aryl methyl sites for hydroxylation is 2. The molecule has 0 radical (unpaired) electrons. The fourth-order valence-corrected chi connectivity index (χ4v) is 1.57. The van der Waals surface area contributed by atoms with E-state index in [-0.39, 0.29) is 0 Å². The summed E-state index contributed by atoms with van der Waals surface area (Å²) in [5, 5.41) is 7.83. The van der Waals surface area contributed by atoms with E-state index in [1.807, 2.05) is 11.6 Å². The number of aromatic nitrogens is 2. The van der Waals surface area contributed by atoms with Gasteiger partial charge in [-0.15, -0.1) is 0 Å². The Kier molecular flexibility index (Phi) is 4.07. The maximum Gasteiger partial charge on any atom is 0.148 e. The molecule has 0 aliphatic rings. The van der Waals surface area contributed by atoms with E-state index in [9.17, 15) is 0 Å². The van der Waals surface area contributed by atoms with Crippen molar-refractivity contribution in [2.24, 2.45) is 11.3 Å². The topological polar surface area (TPSA) is 55.9 Å². The molecule has 1 aromatic heterocycles. The Bertz CT molecular complexity index is 374. The van der Waals surface area contributed by atoms with Gasteiger partial charge < -0.3 is 11.1 Å². The highest BCUT2D eigenvalue weighted by Gasteiger charge is 2.20. The maximum absolute atomic E-state index is 6.03. The van der Waals surface area contributed by atoms with E-state index in [1.54, 1.807) is 0 Å². The summed E-state index contributed by atoms with van der Waals surface area (Å²) in [6, 6.07) is 0. The van der Waals surface area contributed by atoms with Crippen LogP contribution in [-0.4, -0.2) is 16.3 Å². The zero-order valence-electron chi connectivity index (χ0n) is 12.0. The minimum atomic E-state index is 0.299. The van der Waals surface area contributed by atoms with Gasteiger partial charge in [0, 0.05) is 13.1 Å². The van der Waals surface area contributed by atoms with E-state index in [0.29, 0.717) is 11.3 Å². The number of nitrogen functional groups attached to an aromatic ring is 1. The van der Waals surface area contributed by atoms with Gasteiger partial charge in [0.2, 0.25) is 0 Å². The third kappa shape index (κ3) is 3.14. The molecule has 17 heavy (non-hydrogen) atoms. The first-order chi connectivity index (χ1) is 7.77. The van der Waals surface area contributed by atoms with Crippen LogP contribution in [0.4, 0.5) is 11.5 Å². The summed E-state index contributed by atoms with van der Waals surface area (Å²) in [6.07, 6.45) is 0. The van der Waals surface area contributed by atoms with Gasteiger partial charge in [-0.3, -0.25) is 0 Å². The lowest BCUT2D eigenvalue weighted by molar-refractivity contribution is 0.274. The predicted molar refractivity (Wildman–Crippen MR) is 74.2 cm³/mol. The van der Waals surface area contributed by atoms with Crippen LogP contribution < -0.4 is 11.1 Å². The summed E-state index contributed by atoms with van der Waals surface area (Å²) in [5.74, 6) is 1.53. The predicted octanol–water partition coefficient (Wildman–Crippen LogP) is 2.89. The van der Waals surface area contributed by atoms with Crippen LogP contribution in [0.2, 0.25) is 0 Å². The van der Waals surface area contributed by atoms with Crippen molar-refractivity contribution in [1.29, 1.82) is 0 Å². The number of nitrogens with zero attached hydrogens (tertiary/aromatic N) is 2. The Labute approximate surface area is 105 Å². The van der Waals surface area contributed by atoms with Gasteiger partial charge in [-0.25, -0.2) is 4.68 Å². The molecule has 0 bridgehead atoms. The fraction of sp³-hybridized carbons (Fsp3) is 0.769. The average Bonchev–Trinajstić information content (AvgIpc) is 2.50. The highest BCUT2D eigenvalue weighted by atomic mass is 15.3. The Balaban J connectivity index is 2.76. The molecule has 0 saturated heterocycles. The zero-order valence-corrected chi connectivity index (χ0v) is 12.0. The summed E-state index contributed by atoms with van der Waals surface area (Å²) < 4.78 is 1.93. The number of nitrogens with two attached hydrogens (primary N) is 1. The van der Waals surface area contributed by atoms with E-state index in [1.165, 1.54) is 0 Å². The van der Waals surface area contributed by atoms with Crippen LogP contribution in [0.15, 0.2) is 0 Å². The van der Waals surface area contributed by atoms with Crippen LogP contribution in [0, 0.1) is 18.3 Å². The molecule has 1 atom stereocenters. The van der Waals surface area contributed by atoms with Crippen LogP contribution in [0.3, 0.4) is 0 Å². The molecule has 0 aliphatic carbocycles. The fourth-order valence-electron chi connectivity index (χ4n) is 1.57. The molecule has 0 saturated carbocycles. The van der Waals surface area contributed by atoms with Crippen molar-refractivity contribution >= 4 is 11.5 Å². The summed E-state index contributed by atoms with van der Waals surface area (Å²) in [7, 11) is 0. The lowest BCUT2D eigenvalue weighted by Gasteiger charge is -2.27. The number of rotatable bonds is 4. The average molecular weight is 238 g/mol. The highest BCUT2D eigenvalue weighted by molar-refractivity contribution is 5.64. The van der Waals surface area contributed by atoms with Gasteiger partial charge in [0.25, 0.3) is 0 Å². The second-order valence-corrected chi connectivity index (χ2v) is 5.81. The Morgan fingerprint density at radius 2 is 2.00 bits per heavy atom. The highest BCUT2D eigenvalue weighted by Crippen LogP contribution is 2.27. The quantitative estimate of drug-likeness (QED) is 0.848. The molecule has 98 valence electrons. The summed E-state index contributed by atoms with van der Waals surface area (Å²) in [4.78, 5) is 0. The van der Waals surface area contributed by atoms with Gasteiger partial charge in [-0.1, -0.05) is 27.7 Å². The molecule has 1 rings (SSSR count). The van der Waals surface area contributed by atoms with Crippen molar-refractivity contribution in [1.82, 2.24) is 9.78 Å². The SMILES string of the molecule is CCn1nc(C)c(N)c1NCC(C)C(C)(C)C. The molecular weight excluding hydrogens is 212 g/mol. The van der Waals surface area contributed by atoms with Gasteiger partial charge in [0.15, 0.2) is 0 Å². The standard InChI is InChI=1S/C13H26N4/c1-7-17-12(11(14)10(3)16-17)15-8-9(2)13(4,5)6/h9,15H,7-8,14H2,1-6H3. The van der Waals surface area contributed by atoms with Crippen molar-refractivity contribution in [2.75, 3.05) is 17.6 Å². The normalized spacial score (nSPS) is 13.8. The Morgan fingerprint density at radius 1 is 1.41 bits per heavy atom. The number of nitrogens with one attached hydrogen (secondary N) is 1. The molecule has 0 amide bonds. The van der Waals surface area contributed by atoms with E-state index < -0.39 is 0 Å². The molecule has 1 unspecified atom stereocenters. The summed E-state index contributed by atoms with van der Waals surface area (Å²) in [5.41, 5.74) is 8.00. The second-order valence-electron chi connectivity index (χ2n) is 5.81. The minimum absolute atomic E-state index is 0.299. The van der Waals surface area contributed by atoms with Gasteiger partial charge >= 0.3 is 0 Å². The molecule has 1 aromatic rings. The minimum Gasteiger partial charge on any atom is -0.394 e. The molecule has 1 heterocycles. The Morgan fingerprint density at radius 3 is 2.47 bits per heavy atom. The third-order valence-corrected chi connectivity index (χ3v) is 3.53. The first-order valence-electron chi connectivity index (χ1n) is 6.34. The molecule has 0 spiro atoms. The summed E-state index contributed by atoms with van der Waals surface area (Å²) in [6.45, 7) is 14.8. The first kappa shape index (κ1) is 13.9. The molecular formula is C13H26N4. The van der Waals surface area contributed by atoms with Crippen LogP contribution in [-0.2, 0) is 6.54 Å². The van der Waals surface area contributed by atoms with E-state index in [2.05, 4.69) is 45.0 Å². The Hall–Kier alpha value is -1.19. The number of hydrogen-bond donors (Lipinski definition) is 2. The van der Waals surface area contributed by atoms with E-state index >= 15 is 0 Å². The first-order valence-corrected chi connectivity index (χ1v) is 6.34. The molecule has 4 heteroatoms.